The van der Waals surface area contributed by atoms with Crippen molar-refractivity contribution in [2.24, 2.45) is 4.99 Å². The molecule has 0 saturated carbocycles. The summed E-state index contributed by atoms with van der Waals surface area (Å²) in [6.45, 7) is 6.88. The van der Waals surface area contributed by atoms with Gasteiger partial charge in [-0.05, 0) is 55.8 Å². The van der Waals surface area contributed by atoms with Crippen LogP contribution in [0.4, 0.5) is 5.69 Å². The van der Waals surface area contributed by atoms with Crippen LogP contribution in [-0.4, -0.2) is 34.0 Å². The molecule has 0 aromatic heterocycles. The second-order valence-electron chi connectivity index (χ2n) is 4.67. The smallest absolute Gasteiger partial charge is 0.269 e. The van der Waals surface area contributed by atoms with E-state index in [1.54, 1.807) is 17.0 Å². The Morgan fingerprint density at radius 2 is 1.95 bits per heavy atom. The quantitative estimate of drug-likeness (QED) is 0.485. The fourth-order valence-electron chi connectivity index (χ4n) is 2.13. The molecule has 1 aromatic rings. The molecule has 1 aliphatic rings. The number of carbonyl (C=O) groups is 1. The van der Waals surface area contributed by atoms with Crippen molar-refractivity contribution >= 4 is 34.1 Å². The van der Waals surface area contributed by atoms with Crippen molar-refractivity contribution in [3.8, 4) is 0 Å². The molecule has 1 saturated heterocycles. The van der Waals surface area contributed by atoms with Crippen molar-refractivity contribution < 1.29 is 9.72 Å². The number of rotatable bonds is 4. The van der Waals surface area contributed by atoms with E-state index in [1.165, 1.54) is 23.9 Å². The van der Waals surface area contributed by atoms with Gasteiger partial charge in [0.1, 0.15) is 0 Å². The average Bonchev–Trinajstić information content (AvgIpc) is 2.83. The second-order valence-corrected chi connectivity index (χ2v) is 5.64. The van der Waals surface area contributed by atoms with Gasteiger partial charge in [0.25, 0.3) is 11.6 Å². The Bertz CT molecular complexity index is 665. The van der Waals surface area contributed by atoms with Crippen molar-refractivity contribution in [2.45, 2.75) is 20.8 Å². The third-order valence-electron chi connectivity index (χ3n) is 3.32. The summed E-state index contributed by atoms with van der Waals surface area (Å²) >= 11 is 1.36. The highest BCUT2D eigenvalue weighted by Gasteiger charge is 2.33. The number of allylic oxidation sites excluding steroid dienone is 1. The summed E-state index contributed by atoms with van der Waals surface area (Å²) < 4.78 is 0. The number of nitro groups is 1. The number of nitrogens with zero attached hydrogens (tertiary/aromatic N) is 3. The van der Waals surface area contributed by atoms with E-state index in [9.17, 15) is 14.9 Å². The lowest BCUT2D eigenvalue weighted by Gasteiger charge is -2.11. The number of aliphatic imine (C=N–C) groups is 1. The van der Waals surface area contributed by atoms with Crippen LogP contribution in [0.25, 0.3) is 5.57 Å². The lowest BCUT2D eigenvalue weighted by atomic mass is 10.1. The predicted octanol–water partition coefficient (Wildman–Crippen LogP) is 3.30. The Morgan fingerprint density at radius 3 is 2.45 bits per heavy atom. The Hall–Kier alpha value is -2.15. The third kappa shape index (κ3) is 3.04. The van der Waals surface area contributed by atoms with E-state index in [2.05, 4.69) is 4.99 Å². The van der Waals surface area contributed by atoms with Crippen LogP contribution < -0.4 is 0 Å². The zero-order valence-electron chi connectivity index (χ0n) is 12.7. The number of non-ortho nitro benzene ring substituents is 1. The maximum atomic E-state index is 12.5. The molecule has 22 heavy (non-hydrogen) atoms. The highest BCUT2D eigenvalue weighted by molar-refractivity contribution is 8.18. The first-order valence-electron chi connectivity index (χ1n) is 6.99. The molecule has 0 aliphatic carbocycles. The molecule has 1 fully saturated rings. The monoisotopic (exact) mass is 319 g/mol. The van der Waals surface area contributed by atoms with Gasteiger partial charge in [0.05, 0.1) is 9.83 Å². The molecule has 0 spiro atoms. The van der Waals surface area contributed by atoms with Gasteiger partial charge in [0, 0.05) is 25.2 Å². The number of hydrogen-bond donors (Lipinski definition) is 0. The molecule has 0 unspecified atom stereocenters. The van der Waals surface area contributed by atoms with Crippen LogP contribution in [0.2, 0.25) is 0 Å². The van der Waals surface area contributed by atoms with Crippen molar-refractivity contribution in [1.29, 1.82) is 0 Å². The zero-order chi connectivity index (χ0) is 16.3. The minimum absolute atomic E-state index is 0.0374. The molecule has 1 heterocycles. The van der Waals surface area contributed by atoms with E-state index in [0.717, 1.165) is 11.1 Å². The molecule has 2 rings (SSSR count). The van der Waals surface area contributed by atoms with Crippen LogP contribution in [0.1, 0.15) is 26.3 Å². The van der Waals surface area contributed by atoms with Gasteiger partial charge in [0.15, 0.2) is 5.17 Å². The van der Waals surface area contributed by atoms with Gasteiger partial charge in [-0.2, -0.15) is 0 Å². The number of thioether (sulfide) groups is 1. The van der Waals surface area contributed by atoms with Gasteiger partial charge in [-0.3, -0.25) is 24.8 Å². The van der Waals surface area contributed by atoms with Gasteiger partial charge in [-0.25, -0.2) is 0 Å². The standard InChI is InChI=1S/C15H17N3O3S/c1-4-16-15-17(5-2)14(19)13(22-15)10(3)11-6-8-12(9-7-11)18(20)21/h6-9H,4-5H2,1-3H3/b13-10-,16-15?. The summed E-state index contributed by atoms with van der Waals surface area (Å²) in [6, 6.07) is 6.23. The minimum atomic E-state index is -0.438. The fourth-order valence-corrected chi connectivity index (χ4v) is 3.30. The van der Waals surface area contributed by atoms with Crippen LogP contribution >= 0.6 is 11.8 Å². The highest BCUT2D eigenvalue weighted by atomic mass is 32.2. The average molecular weight is 319 g/mol. The van der Waals surface area contributed by atoms with E-state index in [1.807, 2.05) is 20.8 Å². The van der Waals surface area contributed by atoms with Gasteiger partial charge in [-0.15, -0.1) is 0 Å². The molecular formula is C15H17N3O3S. The summed E-state index contributed by atoms with van der Waals surface area (Å²) in [5.41, 5.74) is 1.65. The first-order chi connectivity index (χ1) is 10.5. The van der Waals surface area contributed by atoms with Crippen LogP contribution in [0.15, 0.2) is 34.2 Å². The van der Waals surface area contributed by atoms with Gasteiger partial charge < -0.3 is 0 Å². The molecule has 7 heteroatoms. The summed E-state index contributed by atoms with van der Waals surface area (Å²) in [6.07, 6.45) is 0. The van der Waals surface area contributed by atoms with Gasteiger partial charge in [-0.1, -0.05) is 0 Å². The number of likely N-dealkylation sites (N-methyl/N-ethyl adjacent to an activating group) is 1. The van der Waals surface area contributed by atoms with Gasteiger partial charge >= 0.3 is 0 Å². The Labute approximate surface area is 133 Å². The summed E-state index contributed by atoms with van der Waals surface area (Å²) in [7, 11) is 0. The van der Waals surface area contributed by atoms with E-state index in [0.29, 0.717) is 23.2 Å². The topological polar surface area (TPSA) is 75.8 Å². The van der Waals surface area contributed by atoms with Crippen molar-refractivity contribution in [1.82, 2.24) is 4.90 Å². The minimum Gasteiger partial charge on any atom is -0.287 e. The molecule has 1 amide bonds. The van der Waals surface area contributed by atoms with E-state index < -0.39 is 4.92 Å². The van der Waals surface area contributed by atoms with E-state index in [4.69, 9.17) is 0 Å². The van der Waals surface area contributed by atoms with Crippen molar-refractivity contribution in [2.75, 3.05) is 13.1 Å². The molecule has 1 aromatic carbocycles. The maximum absolute atomic E-state index is 12.5. The lowest BCUT2D eigenvalue weighted by molar-refractivity contribution is -0.384. The SMILES string of the molecule is CCN=C1S/C(=C(/C)c2ccc([N+](=O)[O-])cc2)C(=O)N1CC. The van der Waals surface area contributed by atoms with Crippen molar-refractivity contribution in [3.63, 3.8) is 0 Å². The molecule has 6 nitrogen and oxygen atoms in total. The molecular weight excluding hydrogens is 302 g/mol. The first kappa shape index (κ1) is 16.2. The number of amidine groups is 1. The van der Waals surface area contributed by atoms with Crippen LogP contribution in [0, 0.1) is 10.1 Å². The normalized spacial score (nSPS) is 19.0. The number of nitro benzene ring substituents is 1. The Kier molecular flexibility index (Phi) is 4.97. The zero-order valence-corrected chi connectivity index (χ0v) is 13.5. The van der Waals surface area contributed by atoms with Crippen molar-refractivity contribution in [3.05, 3.63) is 44.8 Å². The molecule has 1 aliphatic heterocycles. The number of carbonyl (C=O) groups excluding carboxylic acids is 1. The van der Waals surface area contributed by atoms with Gasteiger partial charge in [0.2, 0.25) is 0 Å². The lowest BCUT2D eigenvalue weighted by Crippen LogP contribution is -2.28. The number of benzene rings is 1. The largest absolute Gasteiger partial charge is 0.287 e. The summed E-state index contributed by atoms with van der Waals surface area (Å²) in [4.78, 5) is 29.4. The number of hydrogen-bond acceptors (Lipinski definition) is 5. The second kappa shape index (κ2) is 6.74. The summed E-state index contributed by atoms with van der Waals surface area (Å²) in [5, 5.41) is 11.4. The molecule has 0 N–H and O–H groups in total. The Morgan fingerprint density at radius 1 is 1.32 bits per heavy atom. The fraction of sp³-hybridized carbons (Fsp3) is 0.333. The maximum Gasteiger partial charge on any atom is 0.269 e. The highest BCUT2D eigenvalue weighted by Crippen LogP contribution is 2.36. The number of amides is 1. The summed E-state index contributed by atoms with van der Waals surface area (Å²) in [5.74, 6) is -0.0597. The molecule has 0 atom stereocenters. The Balaban J connectivity index is 2.39. The van der Waals surface area contributed by atoms with Crippen LogP contribution in [0.5, 0.6) is 0 Å². The first-order valence-corrected chi connectivity index (χ1v) is 7.81. The molecule has 0 radical (unpaired) electrons. The van der Waals surface area contributed by atoms with E-state index >= 15 is 0 Å². The molecule has 116 valence electrons. The third-order valence-corrected chi connectivity index (χ3v) is 4.54. The molecule has 0 bridgehead atoms. The van der Waals surface area contributed by atoms with Crippen LogP contribution in [0.3, 0.4) is 0 Å². The van der Waals surface area contributed by atoms with Crippen LogP contribution in [-0.2, 0) is 4.79 Å². The predicted molar refractivity (Wildman–Crippen MR) is 88.6 cm³/mol. The van der Waals surface area contributed by atoms with E-state index in [-0.39, 0.29) is 11.6 Å².